The first kappa shape index (κ1) is 16.2. The molecule has 1 saturated heterocycles. The monoisotopic (exact) mass is 307 g/mol. The number of rotatable bonds is 7. The number of nitrogen functional groups attached to an aromatic ring is 1. The molecule has 0 aliphatic carbocycles. The molecule has 21 heavy (non-hydrogen) atoms. The van der Waals surface area contributed by atoms with Gasteiger partial charge < -0.3 is 10.5 Å². The molecule has 1 heterocycles. The number of thioether (sulfide) groups is 1. The average Bonchev–Trinajstić information content (AvgIpc) is 2.48. The van der Waals surface area contributed by atoms with Crippen molar-refractivity contribution in [3.63, 3.8) is 0 Å². The number of hydrogen-bond acceptors (Lipinski definition) is 4. The Hall–Kier alpha value is -1.20. The van der Waals surface area contributed by atoms with E-state index in [0.29, 0.717) is 6.61 Å². The van der Waals surface area contributed by atoms with Crippen molar-refractivity contribution >= 4 is 17.6 Å². The lowest BCUT2D eigenvalue weighted by molar-refractivity contribution is 0.183. The number of nitrogens with zero attached hydrogens (tertiary/aromatic N) is 1. The molecule has 1 aliphatic heterocycles. The van der Waals surface area contributed by atoms with E-state index in [0.717, 1.165) is 28.5 Å². The van der Waals surface area contributed by atoms with E-state index in [1.54, 1.807) is 11.8 Å². The maximum absolute atomic E-state index is 7.80. The van der Waals surface area contributed by atoms with Crippen LogP contribution in [-0.2, 0) is 0 Å². The Morgan fingerprint density at radius 1 is 1.33 bits per heavy atom. The minimum atomic E-state index is 0.0829. The number of hydrogen-bond donors (Lipinski definition) is 2. The van der Waals surface area contributed by atoms with Gasteiger partial charge in [-0.15, -0.1) is 11.8 Å². The van der Waals surface area contributed by atoms with Gasteiger partial charge in [-0.3, -0.25) is 10.3 Å². The predicted octanol–water partition coefficient (Wildman–Crippen LogP) is 2.95. The van der Waals surface area contributed by atoms with Crippen molar-refractivity contribution in [2.24, 2.45) is 5.73 Å². The highest BCUT2D eigenvalue weighted by Gasteiger charge is 2.14. The van der Waals surface area contributed by atoms with E-state index in [9.17, 15) is 0 Å². The van der Waals surface area contributed by atoms with Gasteiger partial charge in [-0.1, -0.05) is 19.4 Å². The lowest BCUT2D eigenvalue weighted by atomic mass is 10.1. The molecule has 0 atom stereocenters. The van der Waals surface area contributed by atoms with Crippen molar-refractivity contribution in [1.82, 2.24) is 4.90 Å². The normalized spacial score (nSPS) is 15.9. The number of benzene rings is 1. The van der Waals surface area contributed by atoms with E-state index in [1.807, 2.05) is 18.2 Å². The van der Waals surface area contributed by atoms with Crippen LogP contribution >= 0.6 is 11.8 Å². The molecule has 1 aromatic rings. The van der Waals surface area contributed by atoms with E-state index >= 15 is 0 Å². The number of piperidine rings is 1. The summed E-state index contributed by atoms with van der Waals surface area (Å²) in [5.41, 5.74) is 6.48. The maximum Gasteiger partial charge on any atom is 0.131 e. The lowest BCUT2D eigenvalue weighted by Gasteiger charge is -2.26. The van der Waals surface area contributed by atoms with Gasteiger partial charge in [0.05, 0.1) is 5.56 Å². The van der Waals surface area contributed by atoms with Gasteiger partial charge in [0.1, 0.15) is 18.2 Å². The molecule has 3 N–H and O–H groups in total. The van der Waals surface area contributed by atoms with Gasteiger partial charge in [-0.2, -0.15) is 0 Å². The predicted molar refractivity (Wildman–Crippen MR) is 89.6 cm³/mol. The summed E-state index contributed by atoms with van der Waals surface area (Å²) in [6.45, 7) is 6.05. The minimum absolute atomic E-state index is 0.0829. The van der Waals surface area contributed by atoms with E-state index in [1.165, 1.54) is 32.4 Å². The third-order valence-electron chi connectivity index (χ3n) is 3.67. The zero-order chi connectivity index (χ0) is 15.1. The zero-order valence-corrected chi connectivity index (χ0v) is 13.5. The molecule has 1 aromatic carbocycles. The third-order valence-corrected chi connectivity index (χ3v) is 4.61. The molecule has 0 saturated carbocycles. The van der Waals surface area contributed by atoms with Crippen LogP contribution < -0.4 is 10.5 Å². The second-order valence-electron chi connectivity index (χ2n) is 5.23. The smallest absolute Gasteiger partial charge is 0.131 e. The molecule has 116 valence electrons. The molecule has 0 amide bonds. The average molecular weight is 307 g/mol. The van der Waals surface area contributed by atoms with E-state index < -0.39 is 0 Å². The van der Waals surface area contributed by atoms with E-state index in [-0.39, 0.29) is 5.84 Å². The molecule has 2 rings (SSSR count). The first-order valence-electron chi connectivity index (χ1n) is 7.67. The number of nitrogens with two attached hydrogens (primary N) is 1. The Labute approximate surface area is 131 Å². The highest BCUT2D eigenvalue weighted by atomic mass is 32.2. The van der Waals surface area contributed by atoms with Gasteiger partial charge in [0.15, 0.2) is 0 Å². The summed E-state index contributed by atoms with van der Waals surface area (Å²) in [7, 11) is 0. The fourth-order valence-corrected chi connectivity index (χ4v) is 3.48. The van der Waals surface area contributed by atoms with Crippen molar-refractivity contribution in [1.29, 1.82) is 5.41 Å². The van der Waals surface area contributed by atoms with Crippen LogP contribution in [0, 0.1) is 5.41 Å². The second-order valence-corrected chi connectivity index (χ2v) is 6.53. The van der Waals surface area contributed by atoms with E-state index in [2.05, 4.69) is 11.8 Å². The molecule has 0 aromatic heterocycles. The van der Waals surface area contributed by atoms with Crippen LogP contribution in [-0.4, -0.2) is 42.7 Å². The van der Waals surface area contributed by atoms with Crippen LogP contribution in [0.15, 0.2) is 23.1 Å². The van der Waals surface area contributed by atoms with Crippen molar-refractivity contribution in [2.45, 2.75) is 31.1 Å². The zero-order valence-electron chi connectivity index (χ0n) is 12.7. The van der Waals surface area contributed by atoms with Crippen molar-refractivity contribution in [3.05, 3.63) is 23.8 Å². The minimum Gasteiger partial charge on any atom is -0.491 e. The standard InChI is InChI=1S/C16H25N3OS/c1-2-21-14-8-6-7-13(15(14)16(17)18)20-12-11-19-9-4-3-5-10-19/h6-8H,2-5,9-12H2,1H3,(H3,17,18). The maximum atomic E-state index is 7.80. The van der Waals surface area contributed by atoms with Gasteiger partial charge in [0.2, 0.25) is 0 Å². The molecule has 1 aliphatic rings. The first-order chi connectivity index (χ1) is 10.2. The third kappa shape index (κ3) is 4.64. The van der Waals surface area contributed by atoms with Gasteiger partial charge >= 0.3 is 0 Å². The lowest BCUT2D eigenvalue weighted by Crippen LogP contribution is -2.33. The summed E-state index contributed by atoms with van der Waals surface area (Å²) in [6, 6.07) is 5.88. The fourth-order valence-electron chi connectivity index (χ4n) is 2.64. The van der Waals surface area contributed by atoms with Crippen LogP contribution in [0.4, 0.5) is 0 Å². The molecule has 0 bridgehead atoms. The Morgan fingerprint density at radius 2 is 2.10 bits per heavy atom. The summed E-state index contributed by atoms with van der Waals surface area (Å²) in [5.74, 6) is 1.77. The fraction of sp³-hybridized carbons (Fsp3) is 0.562. The summed E-state index contributed by atoms with van der Waals surface area (Å²) < 4.78 is 5.91. The number of ether oxygens (including phenoxy) is 1. The first-order valence-corrected chi connectivity index (χ1v) is 8.66. The summed E-state index contributed by atoms with van der Waals surface area (Å²) in [5, 5.41) is 7.80. The van der Waals surface area contributed by atoms with Crippen molar-refractivity contribution in [2.75, 3.05) is 32.0 Å². The van der Waals surface area contributed by atoms with E-state index in [4.69, 9.17) is 15.9 Å². The van der Waals surface area contributed by atoms with Gasteiger partial charge in [-0.25, -0.2) is 0 Å². The molecular formula is C16H25N3OS. The SMILES string of the molecule is CCSc1cccc(OCCN2CCCCC2)c1C(=N)N. The van der Waals surface area contributed by atoms with Crippen molar-refractivity contribution in [3.8, 4) is 5.75 Å². The quantitative estimate of drug-likeness (QED) is 0.462. The van der Waals surface area contributed by atoms with Crippen LogP contribution in [0.3, 0.4) is 0 Å². The molecule has 4 nitrogen and oxygen atoms in total. The summed E-state index contributed by atoms with van der Waals surface area (Å²) >= 11 is 1.69. The Kier molecular flexibility index (Phi) is 6.39. The second kappa shape index (κ2) is 8.29. The topological polar surface area (TPSA) is 62.3 Å². The van der Waals surface area contributed by atoms with Crippen LogP contribution in [0.5, 0.6) is 5.75 Å². The Balaban J connectivity index is 1.98. The molecule has 5 heteroatoms. The Morgan fingerprint density at radius 3 is 2.76 bits per heavy atom. The summed E-state index contributed by atoms with van der Waals surface area (Å²) in [6.07, 6.45) is 3.94. The van der Waals surface area contributed by atoms with Crippen LogP contribution in [0.25, 0.3) is 0 Å². The van der Waals surface area contributed by atoms with Crippen molar-refractivity contribution < 1.29 is 4.74 Å². The molecule has 0 radical (unpaired) electrons. The highest BCUT2D eigenvalue weighted by Crippen LogP contribution is 2.29. The molecule has 1 fully saturated rings. The molecule has 0 unspecified atom stereocenters. The number of nitrogens with one attached hydrogen (secondary N) is 1. The molecular weight excluding hydrogens is 282 g/mol. The Bertz CT molecular complexity index is 473. The van der Waals surface area contributed by atoms with Gasteiger partial charge in [0.25, 0.3) is 0 Å². The summed E-state index contributed by atoms with van der Waals surface area (Å²) in [4.78, 5) is 3.47. The van der Waals surface area contributed by atoms with Crippen LogP contribution in [0.2, 0.25) is 0 Å². The molecule has 0 spiro atoms. The van der Waals surface area contributed by atoms with Crippen LogP contribution in [0.1, 0.15) is 31.7 Å². The van der Waals surface area contributed by atoms with Gasteiger partial charge in [0, 0.05) is 11.4 Å². The highest BCUT2D eigenvalue weighted by molar-refractivity contribution is 7.99. The number of amidine groups is 1. The largest absolute Gasteiger partial charge is 0.491 e. The van der Waals surface area contributed by atoms with Gasteiger partial charge in [-0.05, 0) is 43.8 Å². The number of likely N-dealkylation sites (tertiary alicyclic amines) is 1.